The Kier molecular flexibility index (Phi) is 3.61. The Morgan fingerprint density at radius 3 is 3.00 bits per heavy atom. The maximum Gasteiger partial charge on any atom is 0.242 e. The third-order valence-electron chi connectivity index (χ3n) is 3.10. The minimum absolute atomic E-state index is 0.0139. The summed E-state index contributed by atoms with van der Waals surface area (Å²) in [4.78, 5) is 13.6. The van der Waals surface area contributed by atoms with Gasteiger partial charge in [-0.15, -0.1) is 0 Å². The molecule has 1 fully saturated rings. The predicted molar refractivity (Wildman–Crippen MR) is 70.3 cm³/mol. The third-order valence-corrected chi connectivity index (χ3v) is 3.39. The van der Waals surface area contributed by atoms with Crippen molar-refractivity contribution in [1.29, 1.82) is 0 Å². The molecule has 98 valence electrons. The average molecular weight is 272 g/mol. The van der Waals surface area contributed by atoms with Gasteiger partial charge in [-0.1, -0.05) is 18.5 Å². The summed E-state index contributed by atoms with van der Waals surface area (Å²) in [7, 11) is 0. The first-order chi connectivity index (χ1) is 8.54. The molecule has 1 aromatic carbocycles. The van der Waals surface area contributed by atoms with E-state index in [0.717, 1.165) is 0 Å². The number of benzene rings is 1. The van der Waals surface area contributed by atoms with E-state index in [-0.39, 0.29) is 17.0 Å². The number of carbonyl (C=O) groups is 1. The van der Waals surface area contributed by atoms with Gasteiger partial charge in [0, 0.05) is 19.2 Å². The highest BCUT2D eigenvalue weighted by atomic mass is 35.5. The van der Waals surface area contributed by atoms with Crippen LogP contribution >= 0.6 is 11.6 Å². The summed E-state index contributed by atoms with van der Waals surface area (Å²) in [6, 6.07) is 2.38. The Labute approximate surface area is 110 Å². The molecule has 1 atom stereocenters. The van der Waals surface area contributed by atoms with E-state index in [4.69, 9.17) is 17.3 Å². The second kappa shape index (κ2) is 5.02. The minimum Gasteiger partial charge on any atom is -0.397 e. The Hall–Kier alpha value is -1.49. The van der Waals surface area contributed by atoms with Crippen LogP contribution in [0.1, 0.15) is 13.3 Å². The Balaban J connectivity index is 2.40. The SMILES string of the molecule is CCC1C(=O)NCCN1c1cc(Cl)c(F)cc1N. The zero-order valence-corrected chi connectivity index (χ0v) is 10.8. The molecule has 1 aliphatic heterocycles. The van der Waals surface area contributed by atoms with Gasteiger partial charge in [-0.05, 0) is 12.5 Å². The Morgan fingerprint density at radius 1 is 1.61 bits per heavy atom. The minimum atomic E-state index is -0.549. The molecule has 0 aliphatic carbocycles. The van der Waals surface area contributed by atoms with Crippen molar-refractivity contribution >= 4 is 28.9 Å². The molecule has 1 unspecified atom stereocenters. The van der Waals surface area contributed by atoms with E-state index in [9.17, 15) is 9.18 Å². The number of nitrogens with zero attached hydrogens (tertiary/aromatic N) is 1. The van der Waals surface area contributed by atoms with Crippen molar-refractivity contribution < 1.29 is 9.18 Å². The van der Waals surface area contributed by atoms with Crippen molar-refractivity contribution in [2.45, 2.75) is 19.4 Å². The van der Waals surface area contributed by atoms with Crippen molar-refractivity contribution in [3.63, 3.8) is 0 Å². The van der Waals surface area contributed by atoms with Crippen LogP contribution in [0.25, 0.3) is 0 Å². The maximum absolute atomic E-state index is 13.3. The van der Waals surface area contributed by atoms with Gasteiger partial charge < -0.3 is 16.0 Å². The van der Waals surface area contributed by atoms with Crippen LogP contribution in [0.4, 0.5) is 15.8 Å². The van der Waals surface area contributed by atoms with Crippen molar-refractivity contribution in [3.8, 4) is 0 Å². The van der Waals surface area contributed by atoms with Gasteiger partial charge in [-0.25, -0.2) is 4.39 Å². The summed E-state index contributed by atoms with van der Waals surface area (Å²) >= 11 is 5.77. The zero-order chi connectivity index (χ0) is 13.3. The fourth-order valence-corrected chi connectivity index (χ4v) is 2.37. The Bertz CT molecular complexity index is 481. The van der Waals surface area contributed by atoms with Crippen molar-refractivity contribution in [2.24, 2.45) is 0 Å². The lowest BCUT2D eigenvalue weighted by atomic mass is 10.1. The van der Waals surface area contributed by atoms with Gasteiger partial charge in [0.25, 0.3) is 0 Å². The summed E-state index contributed by atoms with van der Waals surface area (Å²) in [5.74, 6) is -0.587. The standard InChI is InChI=1S/C12H15ClFN3O/c1-2-10-12(18)16-3-4-17(10)11-5-7(13)8(14)6-9(11)15/h5-6,10H,2-4,15H2,1H3,(H,16,18). The molecule has 1 aromatic rings. The quantitative estimate of drug-likeness (QED) is 0.806. The number of halogens is 2. The number of carbonyl (C=O) groups excluding carboxylic acids is 1. The number of nitrogen functional groups attached to an aromatic ring is 1. The van der Waals surface area contributed by atoms with E-state index in [1.807, 2.05) is 11.8 Å². The molecule has 1 saturated heterocycles. The number of amides is 1. The summed E-state index contributed by atoms with van der Waals surface area (Å²) in [5.41, 5.74) is 6.72. The van der Waals surface area contributed by atoms with Gasteiger partial charge in [0.2, 0.25) is 5.91 Å². The fourth-order valence-electron chi connectivity index (χ4n) is 2.21. The first kappa shape index (κ1) is 13.0. The van der Waals surface area contributed by atoms with Crippen LogP contribution in [0.5, 0.6) is 0 Å². The number of hydrogen-bond acceptors (Lipinski definition) is 3. The molecule has 1 aliphatic rings. The largest absolute Gasteiger partial charge is 0.397 e. The molecule has 0 spiro atoms. The lowest BCUT2D eigenvalue weighted by molar-refractivity contribution is -0.123. The van der Waals surface area contributed by atoms with Crippen LogP contribution in [0.15, 0.2) is 12.1 Å². The van der Waals surface area contributed by atoms with Crippen LogP contribution in [-0.4, -0.2) is 25.0 Å². The molecule has 1 amide bonds. The van der Waals surface area contributed by atoms with E-state index in [0.29, 0.717) is 30.9 Å². The van der Waals surface area contributed by atoms with Crippen LogP contribution in [0.3, 0.4) is 0 Å². The molecular formula is C12H15ClFN3O. The Morgan fingerprint density at radius 2 is 2.33 bits per heavy atom. The summed E-state index contributed by atoms with van der Waals surface area (Å²) in [5, 5.41) is 2.81. The molecular weight excluding hydrogens is 257 g/mol. The zero-order valence-electron chi connectivity index (χ0n) is 10.0. The monoisotopic (exact) mass is 271 g/mol. The summed E-state index contributed by atoms with van der Waals surface area (Å²) in [6.07, 6.45) is 0.653. The highest BCUT2D eigenvalue weighted by Gasteiger charge is 2.29. The van der Waals surface area contributed by atoms with Gasteiger partial charge in [-0.3, -0.25) is 4.79 Å². The summed E-state index contributed by atoms with van der Waals surface area (Å²) < 4.78 is 13.3. The van der Waals surface area contributed by atoms with E-state index in [2.05, 4.69) is 5.32 Å². The molecule has 0 bridgehead atoms. The second-order valence-electron chi connectivity index (χ2n) is 4.23. The number of nitrogens with one attached hydrogen (secondary N) is 1. The van der Waals surface area contributed by atoms with E-state index in [1.165, 1.54) is 12.1 Å². The molecule has 0 saturated carbocycles. The maximum atomic E-state index is 13.3. The van der Waals surface area contributed by atoms with E-state index in [1.54, 1.807) is 0 Å². The number of piperazine rings is 1. The number of hydrogen-bond donors (Lipinski definition) is 2. The normalized spacial score (nSPS) is 19.8. The van der Waals surface area contributed by atoms with Crippen LogP contribution in [0, 0.1) is 5.82 Å². The van der Waals surface area contributed by atoms with Crippen molar-refractivity contribution in [3.05, 3.63) is 23.0 Å². The van der Waals surface area contributed by atoms with Crippen molar-refractivity contribution in [1.82, 2.24) is 5.32 Å². The molecule has 0 radical (unpaired) electrons. The van der Waals surface area contributed by atoms with Gasteiger partial charge in [-0.2, -0.15) is 0 Å². The van der Waals surface area contributed by atoms with Gasteiger partial charge >= 0.3 is 0 Å². The molecule has 1 heterocycles. The first-order valence-corrected chi connectivity index (χ1v) is 6.21. The van der Waals surface area contributed by atoms with E-state index < -0.39 is 5.82 Å². The molecule has 18 heavy (non-hydrogen) atoms. The fraction of sp³-hybridized carbons (Fsp3) is 0.417. The van der Waals surface area contributed by atoms with Gasteiger partial charge in [0.05, 0.1) is 16.4 Å². The first-order valence-electron chi connectivity index (χ1n) is 5.83. The van der Waals surface area contributed by atoms with Crippen molar-refractivity contribution in [2.75, 3.05) is 23.7 Å². The smallest absolute Gasteiger partial charge is 0.242 e. The molecule has 0 aromatic heterocycles. The lowest BCUT2D eigenvalue weighted by Crippen LogP contribution is -2.55. The van der Waals surface area contributed by atoms with Gasteiger partial charge in [0.15, 0.2) is 0 Å². The number of rotatable bonds is 2. The lowest BCUT2D eigenvalue weighted by Gasteiger charge is -2.37. The molecule has 3 N–H and O–H groups in total. The number of nitrogens with two attached hydrogens (primary N) is 1. The van der Waals surface area contributed by atoms with E-state index >= 15 is 0 Å². The van der Waals surface area contributed by atoms with Crippen LogP contribution < -0.4 is 16.0 Å². The highest BCUT2D eigenvalue weighted by Crippen LogP contribution is 2.31. The highest BCUT2D eigenvalue weighted by molar-refractivity contribution is 6.31. The summed E-state index contributed by atoms with van der Waals surface area (Å²) in [6.45, 7) is 3.10. The third kappa shape index (κ3) is 2.22. The second-order valence-corrected chi connectivity index (χ2v) is 4.64. The molecule has 6 heteroatoms. The predicted octanol–water partition coefficient (Wildman–Crippen LogP) is 1.78. The molecule has 4 nitrogen and oxygen atoms in total. The van der Waals surface area contributed by atoms with Crippen LogP contribution in [-0.2, 0) is 4.79 Å². The van der Waals surface area contributed by atoms with Gasteiger partial charge in [0.1, 0.15) is 11.9 Å². The topological polar surface area (TPSA) is 58.4 Å². The van der Waals surface area contributed by atoms with Crippen LogP contribution in [0.2, 0.25) is 5.02 Å². The average Bonchev–Trinajstić information content (AvgIpc) is 2.33. The molecule has 2 rings (SSSR count). The number of anilines is 2.